The molecular formula is C26H27NO8. The van der Waals surface area contributed by atoms with Gasteiger partial charge in [0.15, 0.2) is 11.2 Å². The number of hydrogen-bond acceptors (Lipinski definition) is 9. The minimum atomic E-state index is -1.07. The van der Waals surface area contributed by atoms with Crippen LogP contribution in [0.15, 0.2) is 62.3 Å². The van der Waals surface area contributed by atoms with Gasteiger partial charge in [0.2, 0.25) is 0 Å². The number of rotatable bonds is 6. The first-order chi connectivity index (χ1) is 16.8. The number of carbonyl (C=O) groups excluding carboxylic acids is 3. The zero-order valence-electron chi connectivity index (χ0n) is 20.0. The molecule has 9 heteroatoms. The highest BCUT2D eigenvalue weighted by Gasteiger charge is 2.48. The number of hydrogen-bond donors (Lipinski definition) is 1. The van der Waals surface area contributed by atoms with E-state index < -0.39 is 29.6 Å². The first-order valence-corrected chi connectivity index (χ1v) is 11.3. The van der Waals surface area contributed by atoms with Crippen molar-refractivity contribution in [1.82, 2.24) is 5.32 Å². The van der Waals surface area contributed by atoms with Gasteiger partial charge in [-0.1, -0.05) is 19.1 Å². The van der Waals surface area contributed by atoms with E-state index in [9.17, 15) is 19.2 Å². The molecule has 2 heterocycles. The number of Topliss-reactive ketones (excluding diaryl/α,β-unsaturated/α-hetero) is 1. The van der Waals surface area contributed by atoms with E-state index in [-0.39, 0.29) is 41.3 Å². The van der Waals surface area contributed by atoms with E-state index in [1.54, 1.807) is 38.1 Å². The van der Waals surface area contributed by atoms with Gasteiger partial charge < -0.3 is 23.9 Å². The second-order valence-electron chi connectivity index (χ2n) is 8.68. The fourth-order valence-corrected chi connectivity index (χ4v) is 4.85. The number of allylic oxidation sites excluding steroid dienone is 3. The van der Waals surface area contributed by atoms with Crippen molar-refractivity contribution in [3.8, 4) is 0 Å². The van der Waals surface area contributed by atoms with E-state index in [0.717, 1.165) is 0 Å². The lowest BCUT2D eigenvalue weighted by molar-refractivity contribution is -0.151. The summed E-state index contributed by atoms with van der Waals surface area (Å²) in [6.07, 6.45) is 1.64. The van der Waals surface area contributed by atoms with Crippen molar-refractivity contribution in [2.75, 3.05) is 27.4 Å². The van der Waals surface area contributed by atoms with Crippen LogP contribution in [0.3, 0.4) is 0 Å². The Kier molecular flexibility index (Phi) is 6.88. The predicted molar refractivity (Wildman–Crippen MR) is 125 cm³/mol. The quantitative estimate of drug-likeness (QED) is 0.377. The van der Waals surface area contributed by atoms with Gasteiger partial charge in [0.05, 0.1) is 36.9 Å². The third kappa shape index (κ3) is 4.27. The number of ether oxygens (including phenoxy) is 3. The van der Waals surface area contributed by atoms with Crippen LogP contribution in [0.25, 0.3) is 11.0 Å². The van der Waals surface area contributed by atoms with Gasteiger partial charge in [-0.05, 0) is 31.4 Å². The van der Waals surface area contributed by atoms with E-state index in [2.05, 4.69) is 5.32 Å². The smallest absolute Gasteiger partial charge is 0.336 e. The van der Waals surface area contributed by atoms with Crippen molar-refractivity contribution >= 4 is 28.7 Å². The standard InChI is InChI=1S/C26H27NO8/c1-13-11-17-22(24(29)19(13)25(30)33-4)21(20(14(2)27-17)26(31)34-10-9-32-3)16-12-35-18-8-6-5-7-15(18)23(16)28/h5-8,12-13,19,21,27H,9-11H2,1-4H3/t13-,19+,21-/m1/s1. The van der Waals surface area contributed by atoms with E-state index in [1.165, 1.54) is 20.5 Å². The summed E-state index contributed by atoms with van der Waals surface area (Å²) in [6, 6.07) is 6.73. The SMILES string of the molecule is COCCOC(=O)C1=C(C)NC2=C(C(=O)[C@@H](C(=O)OC)[C@H](C)C2)[C@@H]1c1coc2ccccc2c1=O. The lowest BCUT2D eigenvalue weighted by Gasteiger charge is -2.37. The zero-order chi connectivity index (χ0) is 25.3. The summed E-state index contributed by atoms with van der Waals surface area (Å²) < 4.78 is 21.0. The number of dihydropyridines is 1. The number of fused-ring (bicyclic) bond motifs is 1. The molecule has 0 bridgehead atoms. The average Bonchev–Trinajstić information content (AvgIpc) is 2.83. The largest absolute Gasteiger partial charge is 0.468 e. The molecule has 1 aromatic heterocycles. The van der Waals surface area contributed by atoms with E-state index in [1.807, 2.05) is 0 Å². The number of esters is 2. The molecular weight excluding hydrogens is 454 g/mol. The van der Waals surface area contributed by atoms with E-state index >= 15 is 0 Å². The van der Waals surface area contributed by atoms with Crippen LogP contribution in [-0.2, 0) is 28.6 Å². The summed E-state index contributed by atoms with van der Waals surface area (Å²) in [4.78, 5) is 53.1. The highest BCUT2D eigenvalue weighted by Crippen LogP contribution is 2.45. The molecule has 2 aliphatic rings. The molecule has 0 unspecified atom stereocenters. The predicted octanol–water partition coefficient (Wildman–Crippen LogP) is 2.60. The molecule has 0 fully saturated rings. The van der Waals surface area contributed by atoms with Crippen molar-refractivity contribution < 1.29 is 33.0 Å². The third-order valence-corrected chi connectivity index (χ3v) is 6.50. The normalized spacial score (nSPS) is 22.1. The molecule has 1 N–H and O–H groups in total. The Balaban J connectivity index is 1.92. The van der Waals surface area contributed by atoms with Gasteiger partial charge in [0.1, 0.15) is 18.1 Å². The molecule has 0 amide bonds. The Morgan fingerprint density at radius 1 is 1.14 bits per heavy atom. The topological polar surface area (TPSA) is 121 Å². The molecule has 184 valence electrons. The number of ketones is 1. The van der Waals surface area contributed by atoms with Crippen molar-refractivity contribution in [3.63, 3.8) is 0 Å². The van der Waals surface area contributed by atoms with Gasteiger partial charge in [-0.2, -0.15) is 0 Å². The summed E-state index contributed by atoms with van der Waals surface area (Å²) in [5, 5.41) is 3.47. The highest BCUT2D eigenvalue weighted by molar-refractivity contribution is 6.12. The Hall–Kier alpha value is -3.72. The molecule has 9 nitrogen and oxygen atoms in total. The molecule has 0 saturated carbocycles. The summed E-state index contributed by atoms with van der Waals surface area (Å²) in [5.74, 6) is -4.32. The molecule has 1 aliphatic carbocycles. The summed E-state index contributed by atoms with van der Waals surface area (Å²) in [5.41, 5.74) is 1.42. The van der Waals surface area contributed by atoms with Gasteiger partial charge in [0.25, 0.3) is 0 Å². The van der Waals surface area contributed by atoms with Crippen LogP contribution >= 0.6 is 0 Å². The molecule has 0 saturated heterocycles. The molecule has 3 atom stereocenters. The number of methoxy groups -OCH3 is 2. The minimum Gasteiger partial charge on any atom is -0.468 e. The van der Waals surface area contributed by atoms with Crippen molar-refractivity contribution in [3.05, 3.63) is 68.9 Å². The molecule has 1 aromatic carbocycles. The molecule has 0 radical (unpaired) electrons. The van der Waals surface area contributed by atoms with Crippen LogP contribution in [0.4, 0.5) is 0 Å². The third-order valence-electron chi connectivity index (χ3n) is 6.50. The fraction of sp³-hybridized carbons (Fsp3) is 0.385. The van der Waals surface area contributed by atoms with Crippen molar-refractivity contribution in [2.24, 2.45) is 11.8 Å². The summed E-state index contributed by atoms with van der Waals surface area (Å²) in [7, 11) is 2.71. The van der Waals surface area contributed by atoms with E-state index in [4.69, 9.17) is 18.6 Å². The first kappa shape index (κ1) is 24.4. The molecule has 4 rings (SSSR count). The average molecular weight is 482 g/mol. The van der Waals surface area contributed by atoms with E-state index in [0.29, 0.717) is 28.8 Å². The number of para-hydroxylation sites is 1. The van der Waals surface area contributed by atoms with Gasteiger partial charge in [-0.3, -0.25) is 14.4 Å². The van der Waals surface area contributed by atoms with Crippen LogP contribution in [0, 0.1) is 11.8 Å². The monoisotopic (exact) mass is 481 g/mol. The fourth-order valence-electron chi connectivity index (χ4n) is 4.85. The summed E-state index contributed by atoms with van der Waals surface area (Å²) in [6.45, 7) is 3.65. The van der Waals surface area contributed by atoms with Gasteiger partial charge in [0, 0.05) is 29.6 Å². The Morgan fingerprint density at radius 2 is 1.89 bits per heavy atom. The number of carbonyl (C=O) groups is 3. The zero-order valence-corrected chi connectivity index (χ0v) is 20.0. The van der Waals surface area contributed by atoms with Crippen LogP contribution in [0.1, 0.15) is 31.7 Å². The lowest BCUT2D eigenvalue weighted by atomic mass is 9.69. The summed E-state index contributed by atoms with van der Waals surface area (Å²) >= 11 is 0. The maximum atomic E-state index is 13.7. The minimum absolute atomic E-state index is 0.00711. The Morgan fingerprint density at radius 3 is 2.60 bits per heavy atom. The van der Waals surface area contributed by atoms with Crippen molar-refractivity contribution in [2.45, 2.75) is 26.2 Å². The molecule has 1 aliphatic heterocycles. The van der Waals surface area contributed by atoms with Crippen molar-refractivity contribution in [1.29, 1.82) is 0 Å². The van der Waals surface area contributed by atoms with Crippen LogP contribution < -0.4 is 10.7 Å². The first-order valence-electron chi connectivity index (χ1n) is 11.3. The second-order valence-corrected chi connectivity index (χ2v) is 8.68. The van der Waals surface area contributed by atoms with Crippen LogP contribution in [0.2, 0.25) is 0 Å². The lowest BCUT2D eigenvalue weighted by Crippen LogP contribution is -2.44. The maximum Gasteiger partial charge on any atom is 0.336 e. The Labute approximate surface area is 201 Å². The number of benzene rings is 1. The van der Waals surface area contributed by atoms with Crippen LogP contribution in [-0.4, -0.2) is 45.2 Å². The molecule has 35 heavy (non-hydrogen) atoms. The maximum absolute atomic E-state index is 13.7. The second kappa shape index (κ2) is 9.87. The van der Waals surface area contributed by atoms with Gasteiger partial charge >= 0.3 is 11.9 Å². The van der Waals surface area contributed by atoms with Crippen LogP contribution in [0.5, 0.6) is 0 Å². The number of nitrogens with one attached hydrogen (secondary N) is 1. The molecule has 0 spiro atoms. The molecule has 2 aromatic rings. The van der Waals surface area contributed by atoms with Gasteiger partial charge in [-0.15, -0.1) is 0 Å². The Bertz CT molecular complexity index is 1320. The van der Waals surface area contributed by atoms with Gasteiger partial charge in [-0.25, -0.2) is 4.79 Å². The highest BCUT2D eigenvalue weighted by atomic mass is 16.6.